The monoisotopic (exact) mass is 276 g/mol. The Balaban J connectivity index is 2.25. The van der Waals surface area contributed by atoms with E-state index in [1.807, 2.05) is 0 Å². The van der Waals surface area contributed by atoms with Crippen molar-refractivity contribution < 1.29 is 19.1 Å². The molecule has 1 fully saturated rings. The van der Waals surface area contributed by atoms with Gasteiger partial charge in [0.2, 0.25) is 5.91 Å². The van der Waals surface area contributed by atoms with Gasteiger partial charge in [-0.3, -0.25) is 9.69 Å². The van der Waals surface area contributed by atoms with Crippen LogP contribution in [0, 0.1) is 17.7 Å². The summed E-state index contributed by atoms with van der Waals surface area (Å²) in [4.78, 5) is 24.1. The van der Waals surface area contributed by atoms with Crippen molar-refractivity contribution in [2.75, 3.05) is 13.2 Å². The van der Waals surface area contributed by atoms with E-state index in [1.54, 1.807) is 0 Å². The average Bonchev–Trinajstić information content (AvgIpc) is 2.73. The van der Waals surface area contributed by atoms with Crippen LogP contribution in [-0.4, -0.2) is 35.1 Å². The molecule has 0 unspecified atom stereocenters. The maximum absolute atomic E-state index is 13.2. The van der Waals surface area contributed by atoms with E-state index in [4.69, 9.17) is 5.11 Å². The molecule has 104 valence electrons. The molecule has 1 aliphatic rings. The lowest BCUT2D eigenvalue weighted by Gasteiger charge is -2.13. The van der Waals surface area contributed by atoms with Gasteiger partial charge >= 0.3 is 6.03 Å². The van der Waals surface area contributed by atoms with Crippen molar-refractivity contribution in [2.45, 2.75) is 13.0 Å². The van der Waals surface area contributed by atoms with E-state index in [1.165, 1.54) is 18.2 Å². The van der Waals surface area contributed by atoms with Crippen LogP contribution in [0.1, 0.15) is 17.5 Å². The summed E-state index contributed by atoms with van der Waals surface area (Å²) in [6.07, 6.45) is 0.277. The molecule has 0 atom stereocenters. The molecular formula is C14H13FN2O3. The van der Waals surface area contributed by atoms with Crippen molar-refractivity contribution in [3.8, 4) is 11.8 Å². The summed E-state index contributed by atoms with van der Waals surface area (Å²) in [7, 11) is 0. The summed E-state index contributed by atoms with van der Waals surface area (Å²) >= 11 is 0. The molecule has 0 aromatic heterocycles. The van der Waals surface area contributed by atoms with Gasteiger partial charge in [-0.25, -0.2) is 9.18 Å². The Morgan fingerprint density at radius 3 is 2.85 bits per heavy atom. The first-order valence-electron chi connectivity index (χ1n) is 6.08. The fourth-order valence-corrected chi connectivity index (χ4v) is 1.80. The van der Waals surface area contributed by atoms with E-state index in [2.05, 4.69) is 17.2 Å². The molecule has 6 heteroatoms. The van der Waals surface area contributed by atoms with Crippen molar-refractivity contribution in [3.63, 3.8) is 0 Å². The maximum atomic E-state index is 13.2. The number of nitrogens with one attached hydrogen (secondary N) is 1. The van der Waals surface area contributed by atoms with E-state index < -0.39 is 11.8 Å². The summed E-state index contributed by atoms with van der Waals surface area (Å²) in [5.74, 6) is 4.66. The Hall–Kier alpha value is -2.39. The number of imide groups is 1. The van der Waals surface area contributed by atoms with Crippen molar-refractivity contribution in [1.82, 2.24) is 10.2 Å². The van der Waals surface area contributed by atoms with Crippen molar-refractivity contribution in [1.29, 1.82) is 0 Å². The van der Waals surface area contributed by atoms with Crippen LogP contribution in [-0.2, 0) is 11.3 Å². The molecule has 0 spiro atoms. The molecule has 1 aliphatic heterocycles. The number of carbonyl (C=O) groups is 2. The Kier molecular flexibility index (Phi) is 4.33. The van der Waals surface area contributed by atoms with E-state index in [0.29, 0.717) is 11.1 Å². The number of carbonyl (C=O) groups excluding carboxylic acids is 2. The molecule has 2 rings (SSSR count). The number of rotatable bonds is 3. The van der Waals surface area contributed by atoms with Gasteiger partial charge in [-0.15, -0.1) is 0 Å². The van der Waals surface area contributed by atoms with Crippen molar-refractivity contribution in [3.05, 3.63) is 35.1 Å². The zero-order valence-corrected chi connectivity index (χ0v) is 10.6. The number of urea groups is 1. The second-order valence-electron chi connectivity index (χ2n) is 4.22. The first-order chi connectivity index (χ1) is 9.61. The third-order valence-corrected chi connectivity index (χ3v) is 2.80. The fourth-order valence-electron chi connectivity index (χ4n) is 1.80. The molecule has 0 saturated carbocycles. The van der Waals surface area contributed by atoms with Crippen molar-refractivity contribution >= 4 is 11.9 Å². The number of amides is 3. The summed E-state index contributed by atoms with van der Waals surface area (Å²) in [6, 6.07) is 3.54. The van der Waals surface area contributed by atoms with Crippen LogP contribution in [0.3, 0.4) is 0 Å². The average molecular weight is 276 g/mol. The number of benzene rings is 1. The summed E-state index contributed by atoms with van der Waals surface area (Å²) < 4.78 is 13.2. The molecule has 1 aromatic carbocycles. The lowest BCUT2D eigenvalue weighted by molar-refractivity contribution is -0.125. The van der Waals surface area contributed by atoms with Gasteiger partial charge in [-0.05, 0) is 17.7 Å². The van der Waals surface area contributed by atoms with Crippen LogP contribution in [0.25, 0.3) is 0 Å². The number of nitrogens with zero attached hydrogens (tertiary/aromatic N) is 1. The molecule has 1 heterocycles. The van der Waals surface area contributed by atoms with Crippen LogP contribution < -0.4 is 5.32 Å². The largest absolute Gasteiger partial charge is 0.395 e. The highest BCUT2D eigenvalue weighted by Crippen LogP contribution is 2.15. The molecule has 0 bridgehead atoms. The SMILES string of the molecule is O=C1CNC(=O)N1Cc1ccc(F)cc1C#CCCO. The molecular weight excluding hydrogens is 263 g/mol. The van der Waals surface area contributed by atoms with Gasteiger partial charge in [-0.1, -0.05) is 17.9 Å². The van der Waals surface area contributed by atoms with Crippen LogP contribution >= 0.6 is 0 Å². The third-order valence-electron chi connectivity index (χ3n) is 2.80. The Morgan fingerprint density at radius 2 is 2.20 bits per heavy atom. The zero-order valence-electron chi connectivity index (χ0n) is 10.6. The molecule has 1 aromatic rings. The van der Waals surface area contributed by atoms with Gasteiger partial charge in [-0.2, -0.15) is 0 Å². The van der Waals surface area contributed by atoms with Gasteiger partial charge in [0.05, 0.1) is 19.7 Å². The highest BCUT2D eigenvalue weighted by molar-refractivity contribution is 6.01. The fraction of sp³-hybridized carbons (Fsp3) is 0.286. The Bertz CT molecular complexity index is 588. The van der Waals surface area contributed by atoms with Crippen molar-refractivity contribution in [2.24, 2.45) is 0 Å². The summed E-state index contributed by atoms with van der Waals surface area (Å²) in [5, 5.41) is 11.1. The lowest BCUT2D eigenvalue weighted by atomic mass is 10.1. The van der Waals surface area contributed by atoms with Crippen LogP contribution in [0.4, 0.5) is 9.18 Å². The van der Waals surface area contributed by atoms with E-state index in [-0.39, 0.29) is 32.0 Å². The standard InChI is InChI=1S/C14H13FN2O3/c15-12-5-4-11(10(7-12)3-1-2-6-18)9-17-13(19)8-16-14(17)20/h4-5,7,18H,2,6,8-9H2,(H,16,20). The highest BCUT2D eigenvalue weighted by Gasteiger charge is 2.28. The number of hydrogen-bond donors (Lipinski definition) is 2. The number of aliphatic hydroxyl groups is 1. The molecule has 5 nitrogen and oxygen atoms in total. The van der Waals surface area contributed by atoms with Gasteiger partial charge in [0.15, 0.2) is 0 Å². The van der Waals surface area contributed by atoms with E-state index in [9.17, 15) is 14.0 Å². The van der Waals surface area contributed by atoms with E-state index in [0.717, 1.165) is 4.90 Å². The molecule has 20 heavy (non-hydrogen) atoms. The zero-order chi connectivity index (χ0) is 14.5. The van der Waals surface area contributed by atoms with Gasteiger partial charge in [0.25, 0.3) is 0 Å². The smallest absolute Gasteiger partial charge is 0.324 e. The summed E-state index contributed by atoms with van der Waals surface area (Å²) in [5.41, 5.74) is 0.994. The first kappa shape index (κ1) is 14.0. The quantitative estimate of drug-likeness (QED) is 0.628. The normalized spacial score (nSPS) is 14.0. The lowest BCUT2D eigenvalue weighted by Crippen LogP contribution is -2.30. The highest BCUT2D eigenvalue weighted by atomic mass is 19.1. The first-order valence-corrected chi connectivity index (χ1v) is 6.08. The van der Waals surface area contributed by atoms with E-state index >= 15 is 0 Å². The minimum absolute atomic E-state index is 0.0223. The molecule has 1 saturated heterocycles. The number of halogens is 1. The van der Waals surface area contributed by atoms with Gasteiger partial charge in [0.1, 0.15) is 5.82 Å². The molecule has 3 amide bonds. The van der Waals surface area contributed by atoms with Gasteiger partial charge < -0.3 is 10.4 Å². The Labute approximate surface area is 115 Å². The second kappa shape index (κ2) is 6.17. The minimum Gasteiger partial charge on any atom is -0.395 e. The second-order valence-corrected chi connectivity index (χ2v) is 4.22. The molecule has 2 N–H and O–H groups in total. The predicted octanol–water partition coefficient (Wildman–Crippen LogP) is 0.611. The third kappa shape index (κ3) is 3.13. The predicted molar refractivity (Wildman–Crippen MR) is 68.9 cm³/mol. The van der Waals surface area contributed by atoms with Crippen LogP contribution in [0.5, 0.6) is 0 Å². The van der Waals surface area contributed by atoms with Crippen LogP contribution in [0.2, 0.25) is 0 Å². The topological polar surface area (TPSA) is 69.6 Å². The summed E-state index contributed by atoms with van der Waals surface area (Å²) in [6.45, 7) is -0.0513. The van der Waals surface area contributed by atoms with Gasteiger partial charge in [0, 0.05) is 12.0 Å². The molecule has 0 aliphatic carbocycles. The van der Waals surface area contributed by atoms with Crippen LogP contribution in [0.15, 0.2) is 18.2 Å². The number of aliphatic hydroxyl groups excluding tert-OH is 1. The molecule has 0 radical (unpaired) electrons. The number of hydrogen-bond acceptors (Lipinski definition) is 3. The Morgan fingerprint density at radius 1 is 1.40 bits per heavy atom. The maximum Gasteiger partial charge on any atom is 0.324 e. The minimum atomic E-state index is -0.464.